The van der Waals surface area contributed by atoms with Crippen molar-refractivity contribution < 1.29 is 9.18 Å². The average Bonchev–Trinajstić information content (AvgIpc) is 2.74. The van der Waals surface area contributed by atoms with Gasteiger partial charge in [-0.1, -0.05) is 0 Å². The van der Waals surface area contributed by atoms with Crippen molar-refractivity contribution in [1.29, 1.82) is 5.26 Å². The maximum absolute atomic E-state index is 13.6. The van der Waals surface area contributed by atoms with Gasteiger partial charge in [-0.05, 0) is 56.7 Å². The molecule has 0 spiro atoms. The molecule has 1 amide bonds. The number of rotatable bonds is 4. The molecule has 7 nitrogen and oxygen atoms in total. The Kier molecular flexibility index (Phi) is 5.79. The van der Waals surface area contributed by atoms with Crippen molar-refractivity contribution in [2.45, 2.75) is 51.5 Å². The molecule has 2 aliphatic rings. The number of halogens is 1. The third-order valence-corrected chi connectivity index (χ3v) is 5.63. The van der Waals surface area contributed by atoms with Crippen molar-refractivity contribution in [2.24, 2.45) is 0 Å². The number of nitrogens with zero attached hydrogens (tertiary/aromatic N) is 4. The molecule has 4 rings (SSSR count). The van der Waals surface area contributed by atoms with E-state index in [1.807, 2.05) is 6.07 Å². The fraction of sp³-hybridized carbons (Fsp3) is 0.455. The fourth-order valence-corrected chi connectivity index (χ4v) is 4.28. The summed E-state index contributed by atoms with van der Waals surface area (Å²) >= 11 is 0. The van der Waals surface area contributed by atoms with Gasteiger partial charge in [0.05, 0.1) is 11.3 Å². The second-order valence-corrected chi connectivity index (χ2v) is 7.92. The lowest BCUT2D eigenvalue weighted by molar-refractivity contribution is -0.119. The first-order valence-corrected chi connectivity index (χ1v) is 10.4. The lowest BCUT2D eigenvalue weighted by Crippen LogP contribution is -2.48. The predicted molar refractivity (Wildman–Crippen MR) is 112 cm³/mol. The van der Waals surface area contributed by atoms with E-state index in [0.29, 0.717) is 11.6 Å². The van der Waals surface area contributed by atoms with E-state index in [1.165, 1.54) is 17.7 Å². The number of benzene rings is 1. The van der Waals surface area contributed by atoms with Crippen molar-refractivity contribution in [3.05, 3.63) is 40.8 Å². The van der Waals surface area contributed by atoms with Crippen molar-refractivity contribution in [2.75, 3.05) is 23.3 Å². The summed E-state index contributed by atoms with van der Waals surface area (Å²) in [7, 11) is 0. The van der Waals surface area contributed by atoms with Crippen LogP contribution in [0.1, 0.15) is 49.4 Å². The van der Waals surface area contributed by atoms with Gasteiger partial charge in [0.25, 0.3) is 0 Å². The largest absolute Gasteiger partial charge is 0.354 e. The molecule has 8 heteroatoms. The number of hydrogen-bond acceptors (Lipinski definition) is 6. The lowest BCUT2D eigenvalue weighted by atomic mass is 9.95. The number of nitriles is 1. The minimum Gasteiger partial charge on any atom is -0.354 e. The van der Waals surface area contributed by atoms with E-state index in [9.17, 15) is 9.18 Å². The highest BCUT2D eigenvalue weighted by Gasteiger charge is 2.26. The molecule has 1 unspecified atom stereocenters. The zero-order valence-corrected chi connectivity index (χ0v) is 17.0. The standard InChI is InChI=1S/C22H25FN6O/c1-14(30)25-17-5-4-10-29(13-17)21-18-6-2-3-7-20(18)27-22(28-21)26-16-8-9-19(23)15(11-16)12-24/h8-9,11,17H,2-7,10,13H2,1H3,(H,25,30)(H,26,27,28). The predicted octanol–water partition coefficient (Wildman–Crippen LogP) is 3.21. The Labute approximate surface area is 175 Å². The second kappa shape index (κ2) is 8.66. The topological polar surface area (TPSA) is 93.9 Å². The van der Waals surface area contributed by atoms with Crippen LogP contribution in [-0.2, 0) is 17.6 Å². The van der Waals surface area contributed by atoms with Crippen LogP contribution in [0.2, 0.25) is 0 Å². The Morgan fingerprint density at radius 3 is 2.90 bits per heavy atom. The van der Waals surface area contributed by atoms with Gasteiger partial charge in [-0.15, -0.1) is 0 Å². The summed E-state index contributed by atoms with van der Waals surface area (Å²) in [5.41, 5.74) is 2.78. The van der Waals surface area contributed by atoms with Gasteiger partial charge in [0.2, 0.25) is 11.9 Å². The van der Waals surface area contributed by atoms with E-state index >= 15 is 0 Å². The third kappa shape index (κ3) is 4.35. The minimum absolute atomic E-state index is 0.0153. The van der Waals surface area contributed by atoms with E-state index in [1.54, 1.807) is 13.0 Å². The second-order valence-electron chi connectivity index (χ2n) is 7.92. The SMILES string of the molecule is CC(=O)NC1CCCN(c2nc(Nc3ccc(F)c(C#N)c3)nc3c2CCCC3)C1. The van der Waals surface area contributed by atoms with E-state index in [-0.39, 0.29) is 17.5 Å². The number of piperidine rings is 1. The molecule has 2 aromatic rings. The number of carbonyl (C=O) groups excluding carboxylic acids is 1. The molecule has 2 N–H and O–H groups in total. The summed E-state index contributed by atoms with van der Waals surface area (Å²) in [5, 5.41) is 15.3. The number of aryl methyl sites for hydroxylation is 1. The molecule has 156 valence electrons. The number of hydrogen-bond donors (Lipinski definition) is 2. The molecule has 0 saturated carbocycles. The molecule has 1 aliphatic carbocycles. The monoisotopic (exact) mass is 408 g/mol. The molecule has 1 aliphatic heterocycles. The molecular formula is C22H25FN6O. The number of aromatic nitrogens is 2. The number of anilines is 3. The van der Waals surface area contributed by atoms with Gasteiger partial charge in [-0.2, -0.15) is 10.2 Å². The summed E-state index contributed by atoms with van der Waals surface area (Å²) in [6.07, 6.45) is 5.99. The summed E-state index contributed by atoms with van der Waals surface area (Å²) < 4.78 is 13.6. The third-order valence-electron chi connectivity index (χ3n) is 5.63. The molecule has 1 saturated heterocycles. The molecule has 1 aromatic carbocycles. The van der Waals surface area contributed by atoms with Crippen LogP contribution in [0.25, 0.3) is 0 Å². The number of amides is 1. The molecule has 0 radical (unpaired) electrons. The Morgan fingerprint density at radius 2 is 2.10 bits per heavy atom. The molecule has 1 atom stereocenters. The number of fused-ring (bicyclic) bond motifs is 1. The minimum atomic E-state index is -0.549. The van der Waals surface area contributed by atoms with Gasteiger partial charge in [0, 0.05) is 37.3 Å². The Balaban J connectivity index is 1.65. The maximum Gasteiger partial charge on any atom is 0.229 e. The van der Waals surface area contributed by atoms with Crippen molar-refractivity contribution in [3.63, 3.8) is 0 Å². The van der Waals surface area contributed by atoms with E-state index in [4.69, 9.17) is 15.2 Å². The van der Waals surface area contributed by atoms with Gasteiger partial charge in [-0.25, -0.2) is 9.37 Å². The molecular weight excluding hydrogens is 383 g/mol. The van der Waals surface area contributed by atoms with Crippen LogP contribution < -0.4 is 15.5 Å². The summed E-state index contributed by atoms with van der Waals surface area (Å²) in [6, 6.07) is 6.27. The first-order valence-electron chi connectivity index (χ1n) is 10.4. The highest BCUT2D eigenvalue weighted by atomic mass is 19.1. The van der Waals surface area contributed by atoms with Crippen LogP contribution in [0, 0.1) is 17.1 Å². The molecule has 1 aromatic heterocycles. The van der Waals surface area contributed by atoms with Gasteiger partial charge in [-0.3, -0.25) is 4.79 Å². The zero-order valence-electron chi connectivity index (χ0n) is 17.0. The quantitative estimate of drug-likeness (QED) is 0.807. The van der Waals surface area contributed by atoms with Crippen LogP contribution in [0.4, 0.5) is 21.8 Å². The fourth-order valence-electron chi connectivity index (χ4n) is 4.28. The maximum atomic E-state index is 13.6. The molecule has 1 fully saturated rings. The van der Waals surface area contributed by atoms with E-state index in [2.05, 4.69) is 15.5 Å². The highest BCUT2D eigenvalue weighted by Crippen LogP contribution is 2.31. The normalized spacial score (nSPS) is 18.3. The smallest absolute Gasteiger partial charge is 0.229 e. The van der Waals surface area contributed by atoms with Crippen LogP contribution >= 0.6 is 0 Å². The first kappa shape index (κ1) is 20.1. The highest BCUT2D eigenvalue weighted by molar-refractivity contribution is 5.73. The number of carbonyl (C=O) groups is 1. The summed E-state index contributed by atoms with van der Waals surface area (Å²) in [5.74, 6) is 0.800. The average molecular weight is 408 g/mol. The first-order chi connectivity index (χ1) is 14.5. The summed E-state index contributed by atoms with van der Waals surface area (Å²) in [6.45, 7) is 3.15. The zero-order chi connectivity index (χ0) is 21.1. The van der Waals surface area contributed by atoms with Crippen molar-refractivity contribution >= 4 is 23.4 Å². The van der Waals surface area contributed by atoms with Gasteiger partial charge >= 0.3 is 0 Å². The number of nitrogens with one attached hydrogen (secondary N) is 2. The van der Waals surface area contributed by atoms with Crippen molar-refractivity contribution in [3.8, 4) is 6.07 Å². The van der Waals surface area contributed by atoms with Crippen molar-refractivity contribution in [1.82, 2.24) is 15.3 Å². The Hall–Kier alpha value is -3.21. The van der Waals surface area contributed by atoms with Crippen LogP contribution in [0.15, 0.2) is 18.2 Å². The van der Waals surface area contributed by atoms with Gasteiger partial charge < -0.3 is 15.5 Å². The van der Waals surface area contributed by atoms with Gasteiger partial charge in [0.1, 0.15) is 17.7 Å². The molecule has 0 bridgehead atoms. The Morgan fingerprint density at radius 1 is 1.27 bits per heavy atom. The summed E-state index contributed by atoms with van der Waals surface area (Å²) in [4.78, 5) is 23.3. The molecule has 2 heterocycles. The van der Waals surface area contributed by atoms with E-state index in [0.717, 1.165) is 63.1 Å². The van der Waals surface area contributed by atoms with Crippen LogP contribution in [0.5, 0.6) is 0 Å². The van der Waals surface area contributed by atoms with E-state index < -0.39 is 5.82 Å². The lowest BCUT2D eigenvalue weighted by Gasteiger charge is -2.36. The van der Waals surface area contributed by atoms with Crippen LogP contribution in [0.3, 0.4) is 0 Å². The van der Waals surface area contributed by atoms with Gasteiger partial charge in [0.15, 0.2) is 0 Å². The molecule has 30 heavy (non-hydrogen) atoms. The Bertz CT molecular complexity index is 1000. The van der Waals surface area contributed by atoms with Crippen LogP contribution in [-0.4, -0.2) is 35.0 Å².